The minimum absolute atomic E-state index is 0.0657. The fourth-order valence-corrected chi connectivity index (χ4v) is 4.97. The van der Waals surface area contributed by atoms with Gasteiger partial charge in [0.2, 0.25) is 5.13 Å². The fraction of sp³-hybridized carbons (Fsp3) is 0.174. The van der Waals surface area contributed by atoms with Crippen LogP contribution in [0.2, 0.25) is 0 Å². The van der Waals surface area contributed by atoms with Gasteiger partial charge in [0.05, 0.1) is 0 Å². The highest BCUT2D eigenvalue weighted by atomic mass is 32.2. The van der Waals surface area contributed by atoms with Crippen LogP contribution in [-0.4, -0.2) is 22.7 Å². The van der Waals surface area contributed by atoms with E-state index in [-0.39, 0.29) is 12.5 Å². The van der Waals surface area contributed by atoms with Crippen LogP contribution in [0.25, 0.3) is 10.8 Å². The van der Waals surface area contributed by atoms with Crippen molar-refractivity contribution in [1.29, 1.82) is 0 Å². The van der Waals surface area contributed by atoms with E-state index >= 15 is 0 Å². The van der Waals surface area contributed by atoms with Gasteiger partial charge in [-0.25, -0.2) is 0 Å². The molecule has 0 atom stereocenters. The van der Waals surface area contributed by atoms with Crippen molar-refractivity contribution in [3.63, 3.8) is 0 Å². The number of hydrogen-bond acceptors (Lipinski definition) is 6. The Morgan fingerprint density at radius 3 is 2.57 bits per heavy atom. The third-order valence-corrected chi connectivity index (χ3v) is 6.66. The monoisotopic (exact) mass is 435 g/mol. The highest BCUT2D eigenvalue weighted by molar-refractivity contribution is 8.00. The Balaban J connectivity index is 1.33. The van der Waals surface area contributed by atoms with Crippen LogP contribution < -0.4 is 10.1 Å². The summed E-state index contributed by atoms with van der Waals surface area (Å²) in [5, 5.41) is 14.0. The van der Waals surface area contributed by atoms with Crippen LogP contribution in [0.5, 0.6) is 5.75 Å². The maximum absolute atomic E-state index is 12.2. The summed E-state index contributed by atoms with van der Waals surface area (Å²) < 4.78 is 6.51. The molecule has 0 unspecified atom stereocenters. The van der Waals surface area contributed by atoms with Crippen LogP contribution in [0.15, 0.2) is 65.0 Å². The first-order valence-electron chi connectivity index (χ1n) is 9.52. The number of fused-ring (bicyclic) bond motifs is 1. The van der Waals surface area contributed by atoms with E-state index in [1.165, 1.54) is 27.7 Å². The van der Waals surface area contributed by atoms with Gasteiger partial charge >= 0.3 is 0 Å². The molecule has 0 saturated heterocycles. The lowest BCUT2D eigenvalue weighted by atomic mass is 10.1. The van der Waals surface area contributed by atoms with Crippen LogP contribution in [0.1, 0.15) is 16.7 Å². The highest BCUT2D eigenvalue weighted by Crippen LogP contribution is 2.31. The summed E-state index contributed by atoms with van der Waals surface area (Å²) in [6, 6.07) is 20.5. The Kier molecular flexibility index (Phi) is 6.30. The van der Waals surface area contributed by atoms with Crippen molar-refractivity contribution >= 4 is 44.9 Å². The van der Waals surface area contributed by atoms with Crippen molar-refractivity contribution in [1.82, 2.24) is 10.2 Å². The molecule has 0 spiro atoms. The number of nitrogens with zero attached hydrogens (tertiary/aromatic N) is 2. The van der Waals surface area contributed by atoms with Gasteiger partial charge in [-0.15, -0.1) is 10.2 Å². The lowest BCUT2D eigenvalue weighted by Gasteiger charge is -2.11. The van der Waals surface area contributed by atoms with Crippen molar-refractivity contribution in [3.8, 4) is 5.75 Å². The number of carbonyl (C=O) groups excluding carboxylic acids is 1. The Labute approximate surface area is 183 Å². The summed E-state index contributed by atoms with van der Waals surface area (Å²) in [6.07, 6.45) is 0. The van der Waals surface area contributed by atoms with Gasteiger partial charge in [0.1, 0.15) is 5.75 Å². The molecule has 1 amide bonds. The Hall–Kier alpha value is -2.90. The molecule has 0 saturated carbocycles. The standard InChI is InChI=1S/C23H21N3O2S2/c1-15-7-5-8-16(2)21(15)28-13-20(27)24-22-25-26-23(30-22)29-14-18-11-6-10-17-9-3-4-12-19(17)18/h3-12H,13-14H2,1-2H3,(H,24,25,27). The van der Waals surface area contributed by atoms with E-state index in [0.29, 0.717) is 5.13 Å². The zero-order valence-corrected chi connectivity index (χ0v) is 18.3. The molecule has 30 heavy (non-hydrogen) atoms. The first-order chi connectivity index (χ1) is 14.6. The maximum Gasteiger partial charge on any atom is 0.264 e. The number of ether oxygens (including phenoxy) is 1. The number of aryl methyl sites for hydroxylation is 2. The van der Waals surface area contributed by atoms with E-state index in [1.807, 2.05) is 38.1 Å². The van der Waals surface area contributed by atoms with E-state index in [9.17, 15) is 4.79 Å². The second kappa shape index (κ2) is 9.28. The van der Waals surface area contributed by atoms with E-state index in [2.05, 4.69) is 51.9 Å². The smallest absolute Gasteiger partial charge is 0.264 e. The average Bonchev–Trinajstić information content (AvgIpc) is 3.19. The third kappa shape index (κ3) is 4.80. The van der Waals surface area contributed by atoms with Gasteiger partial charge in [0, 0.05) is 5.75 Å². The lowest BCUT2D eigenvalue weighted by Crippen LogP contribution is -2.20. The molecule has 1 heterocycles. The molecule has 0 bridgehead atoms. The van der Waals surface area contributed by atoms with Crippen LogP contribution in [0.3, 0.4) is 0 Å². The number of para-hydroxylation sites is 1. The molecular formula is C23H21N3O2S2. The van der Waals surface area contributed by atoms with Gasteiger partial charge in [-0.05, 0) is 41.3 Å². The molecule has 0 aliphatic carbocycles. The van der Waals surface area contributed by atoms with Crippen molar-refractivity contribution in [3.05, 3.63) is 77.4 Å². The number of nitrogens with one attached hydrogen (secondary N) is 1. The Bertz CT molecular complexity index is 1160. The second-order valence-electron chi connectivity index (χ2n) is 6.86. The summed E-state index contributed by atoms with van der Waals surface area (Å²) >= 11 is 2.98. The summed E-state index contributed by atoms with van der Waals surface area (Å²) in [7, 11) is 0. The van der Waals surface area contributed by atoms with Crippen molar-refractivity contribution in [2.75, 3.05) is 11.9 Å². The molecule has 0 fully saturated rings. The minimum Gasteiger partial charge on any atom is -0.483 e. The van der Waals surface area contributed by atoms with Gasteiger partial charge < -0.3 is 4.74 Å². The van der Waals surface area contributed by atoms with Crippen LogP contribution in [-0.2, 0) is 10.5 Å². The van der Waals surface area contributed by atoms with E-state index in [1.54, 1.807) is 11.8 Å². The molecule has 4 aromatic rings. The Morgan fingerprint density at radius 1 is 1.00 bits per heavy atom. The zero-order valence-electron chi connectivity index (χ0n) is 16.7. The maximum atomic E-state index is 12.2. The first-order valence-corrected chi connectivity index (χ1v) is 11.3. The van der Waals surface area contributed by atoms with Crippen molar-refractivity contribution in [2.24, 2.45) is 0 Å². The number of benzene rings is 3. The predicted molar refractivity (Wildman–Crippen MR) is 123 cm³/mol. The van der Waals surface area contributed by atoms with E-state index < -0.39 is 0 Å². The molecule has 5 nitrogen and oxygen atoms in total. The van der Waals surface area contributed by atoms with E-state index in [4.69, 9.17) is 4.74 Å². The lowest BCUT2D eigenvalue weighted by molar-refractivity contribution is -0.118. The quantitative estimate of drug-likeness (QED) is 0.302. The topological polar surface area (TPSA) is 64.1 Å². The Morgan fingerprint density at radius 2 is 1.73 bits per heavy atom. The first kappa shape index (κ1) is 20.4. The molecule has 1 aromatic heterocycles. The van der Waals surface area contributed by atoms with Crippen molar-refractivity contribution in [2.45, 2.75) is 23.9 Å². The number of hydrogen-bond donors (Lipinski definition) is 1. The fourth-order valence-electron chi connectivity index (χ4n) is 3.20. The largest absolute Gasteiger partial charge is 0.483 e. The number of thioether (sulfide) groups is 1. The van der Waals surface area contributed by atoms with Gasteiger partial charge in [-0.2, -0.15) is 0 Å². The molecule has 152 valence electrons. The molecule has 0 aliphatic rings. The number of aromatic nitrogens is 2. The highest BCUT2D eigenvalue weighted by Gasteiger charge is 2.11. The predicted octanol–water partition coefficient (Wildman–Crippen LogP) is 5.62. The van der Waals surface area contributed by atoms with Crippen LogP contribution >= 0.6 is 23.1 Å². The molecule has 0 aliphatic heterocycles. The molecule has 4 rings (SSSR count). The number of anilines is 1. The van der Waals surface area contributed by atoms with E-state index in [0.717, 1.165) is 27.0 Å². The number of rotatable bonds is 7. The third-order valence-electron chi connectivity index (χ3n) is 4.64. The second-order valence-corrected chi connectivity index (χ2v) is 9.06. The SMILES string of the molecule is Cc1cccc(C)c1OCC(=O)Nc1nnc(SCc2cccc3ccccc23)s1. The van der Waals surface area contributed by atoms with Crippen LogP contribution in [0.4, 0.5) is 5.13 Å². The van der Waals surface area contributed by atoms with Gasteiger partial charge in [-0.3, -0.25) is 10.1 Å². The summed E-state index contributed by atoms with van der Waals surface area (Å²) in [5.74, 6) is 1.29. The summed E-state index contributed by atoms with van der Waals surface area (Å²) in [4.78, 5) is 12.2. The van der Waals surface area contributed by atoms with Crippen molar-refractivity contribution < 1.29 is 9.53 Å². The van der Waals surface area contributed by atoms with Gasteiger partial charge in [0.15, 0.2) is 10.9 Å². The summed E-state index contributed by atoms with van der Waals surface area (Å²) in [5.41, 5.74) is 3.26. The number of carbonyl (C=O) groups is 1. The summed E-state index contributed by atoms with van der Waals surface area (Å²) in [6.45, 7) is 3.86. The zero-order chi connectivity index (χ0) is 20.9. The minimum atomic E-state index is -0.251. The molecule has 0 radical (unpaired) electrons. The molecule has 1 N–H and O–H groups in total. The average molecular weight is 436 g/mol. The molecule has 7 heteroatoms. The van der Waals surface area contributed by atoms with Crippen LogP contribution in [0, 0.1) is 13.8 Å². The molecular weight excluding hydrogens is 414 g/mol. The van der Waals surface area contributed by atoms with Gasteiger partial charge in [0.25, 0.3) is 5.91 Å². The van der Waals surface area contributed by atoms with Gasteiger partial charge in [-0.1, -0.05) is 83.8 Å². The number of amides is 1. The normalized spacial score (nSPS) is 10.9. The molecule has 3 aromatic carbocycles.